The van der Waals surface area contributed by atoms with Crippen molar-refractivity contribution in [3.8, 4) is 0 Å². The van der Waals surface area contributed by atoms with Crippen molar-refractivity contribution in [3.63, 3.8) is 0 Å². The van der Waals surface area contributed by atoms with Gasteiger partial charge in [0.15, 0.2) is 5.78 Å². The molecule has 0 unspecified atom stereocenters. The molecule has 1 N–H and O–H groups in total. The minimum absolute atomic E-state index is 0.245. The van der Waals surface area contributed by atoms with Crippen LogP contribution in [0, 0.1) is 0 Å². The van der Waals surface area contributed by atoms with Gasteiger partial charge in [0.1, 0.15) is 6.61 Å². The fraction of sp³-hybridized carbons (Fsp3) is 0.300. The lowest BCUT2D eigenvalue weighted by Crippen LogP contribution is -2.09. The van der Waals surface area contributed by atoms with Crippen LogP contribution in [-0.4, -0.2) is 31.6 Å². The number of aliphatic hydroxyl groups excluding tert-OH is 1. The highest BCUT2D eigenvalue weighted by Crippen LogP contribution is 2.12. The molecule has 0 saturated carbocycles. The van der Waals surface area contributed by atoms with E-state index < -0.39 is 6.61 Å². The molecule has 3 nitrogen and oxygen atoms in total. The van der Waals surface area contributed by atoms with Gasteiger partial charge in [0.05, 0.1) is 0 Å². The van der Waals surface area contributed by atoms with Gasteiger partial charge in [-0.15, -0.1) is 0 Å². The molecule has 1 aromatic rings. The first kappa shape index (κ1) is 9.74. The smallest absolute Gasteiger partial charge is 0.188 e. The highest BCUT2D eigenvalue weighted by Gasteiger charge is 2.03. The minimum Gasteiger partial charge on any atom is -0.388 e. The van der Waals surface area contributed by atoms with Crippen LogP contribution < -0.4 is 4.90 Å². The van der Waals surface area contributed by atoms with Crippen molar-refractivity contribution in [2.24, 2.45) is 0 Å². The van der Waals surface area contributed by atoms with Gasteiger partial charge in [0, 0.05) is 25.3 Å². The number of ketones is 1. The normalized spacial score (nSPS) is 9.77. The number of carbonyl (C=O) groups excluding carboxylic acids is 1. The van der Waals surface area contributed by atoms with Gasteiger partial charge in [-0.1, -0.05) is 0 Å². The maximum absolute atomic E-state index is 11.0. The Morgan fingerprint density at radius 3 is 2.23 bits per heavy atom. The summed E-state index contributed by atoms with van der Waals surface area (Å²) in [4.78, 5) is 13.0. The molecular weight excluding hydrogens is 166 g/mol. The molecule has 0 radical (unpaired) electrons. The third kappa shape index (κ3) is 2.29. The molecule has 13 heavy (non-hydrogen) atoms. The van der Waals surface area contributed by atoms with E-state index in [1.165, 1.54) is 0 Å². The summed E-state index contributed by atoms with van der Waals surface area (Å²) in [6.45, 7) is -0.429. The van der Waals surface area contributed by atoms with Crippen molar-refractivity contribution in [1.29, 1.82) is 0 Å². The topological polar surface area (TPSA) is 40.5 Å². The van der Waals surface area contributed by atoms with Crippen LogP contribution in [0.15, 0.2) is 24.3 Å². The number of aliphatic hydroxyl groups is 1. The number of rotatable bonds is 3. The van der Waals surface area contributed by atoms with Crippen LogP contribution in [0.1, 0.15) is 10.4 Å². The summed E-state index contributed by atoms with van der Waals surface area (Å²) in [7, 11) is 3.87. The summed E-state index contributed by atoms with van der Waals surface area (Å²) >= 11 is 0. The predicted octanol–water partition coefficient (Wildman–Crippen LogP) is 0.928. The molecule has 0 aliphatic heterocycles. The number of benzene rings is 1. The largest absolute Gasteiger partial charge is 0.388 e. The monoisotopic (exact) mass is 179 g/mol. The molecule has 0 bridgehead atoms. The Hall–Kier alpha value is -1.35. The Labute approximate surface area is 77.6 Å². The van der Waals surface area contributed by atoms with Crippen molar-refractivity contribution in [2.75, 3.05) is 25.6 Å². The van der Waals surface area contributed by atoms with Crippen LogP contribution >= 0.6 is 0 Å². The number of Topliss-reactive ketones (excluding diaryl/α,β-unsaturated/α-hetero) is 1. The zero-order chi connectivity index (χ0) is 9.84. The quantitative estimate of drug-likeness (QED) is 0.702. The summed E-state index contributed by atoms with van der Waals surface area (Å²) in [5.41, 5.74) is 1.59. The molecule has 0 atom stereocenters. The number of hydrogen-bond acceptors (Lipinski definition) is 3. The van der Waals surface area contributed by atoms with Gasteiger partial charge in [0.25, 0.3) is 0 Å². The molecule has 0 aromatic heterocycles. The van der Waals surface area contributed by atoms with Crippen LogP contribution in [0.4, 0.5) is 5.69 Å². The van der Waals surface area contributed by atoms with Crippen molar-refractivity contribution < 1.29 is 9.90 Å². The van der Waals surface area contributed by atoms with Gasteiger partial charge in [-0.3, -0.25) is 4.79 Å². The van der Waals surface area contributed by atoms with E-state index in [1.807, 2.05) is 31.1 Å². The van der Waals surface area contributed by atoms with Gasteiger partial charge >= 0.3 is 0 Å². The molecule has 1 rings (SSSR count). The maximum atomic E-state index is 11.0. The van der Waals surface area contributed by atoms with Crippen molar-refractivity contribution in [3.05, 3.63) is 29.8 Å². The third-order valence-corrected chi connectivity index (χ3v) is 1.85. The van der Waals surface area contributed by atoms with E-state index in [0.29, 0.717) is 5.56 Å². The van der Waals surface area contributed by atoms with Crippen LogP contribution in [-0.2, 0) is 0 Å². The van der Waals surface area contributed by atoms with Crippen LogP contribution in [0.25, 0.3) is 0 Å². The molecule has 0 fully saturated rings. The first-order chi connectivity index (χ1) is 6.15. The zero-order valence-corrected chi connectivity index (χ0v) is 7.82. The molecular formula is C10H13NO2. The number of nitrogens with zero attached hydrogens (tertiary/aromatic N) is 1. The molecule has 0 aliphatic rings. The molecule has 0 aliphatic carbocycles. The predicted molar refractivity (Wildman–Crippen MR) is 52.2 cm³/mol. The summed E-state index contributed by atoms with van der Waals surface area (Å²) in [6, 6.07) is 7.13. The SMILES string of the molecule is CN(C)c1ccc(C(=O)CO)cc1. The number of hydrogen-bond donors (Lipinski definition) is 1. The summed E-state index contributed by atoms with van der Waals surface area (Å²) in [5.74, 6) is -0.245. The molecule has 70 valence electrons. The number of anilines is 1. The summed E-state index contributed by atoms with van der Waals surface area (Å²) in [6.07, 6.45) is 0. The molecule has 1 aromatic carbocycles. The number of carbonyl (C=O) groups is 1. The lowest BCUT2D eigenvalue weighted by Gasteiger charge is -2.11. The van der Waals surface area contributed by atoms with Crippen molar-refractivity contribution in [2.45, 2.75) is 0 Å². The second-order valence-electron chi connectivity index (χ2n) is 3.02. The van der Waals surface area contributed by atoms with Crippen molar-refractivity contribution >= 4 is 11.5 Å². The van der Waals surface area contributed by atoms with E-state index in [2.05, 4.69) is 0 Å². The maximum Gasteiger partial charge on any atom is 0.188 e. The van der Waals surface area contributed by atoms with E-state index in [0.717, 1.165) is 5.69 Å². The second-order valence-corrected chi connectivity index (χ2v) is 3.02. The Balaban J connectivity index is 2.87. The molecule has 0 amide bonds. The molecule has 3 heteroatoms. The average molecular weight is 179 g/mol. The van der Waals surface area contributed by atoms with Crippen LogP contribution in [0.3, 0.4) is 0 Å². The summed E-state index contributed by atoms with van der Waals surface area (Å²) in [5, 5.41) is 8.61. The van der Waals surface area contributed by atoms with E-state index in [1.54, 1.807) is 12.1 Å². The Morgan fingerprint density at radius 1 is 1.31 bits per heavy atom. The van der Waals surface area contributed by atoms with E-state index in [-0.39, 0.29) is 5.78 Å². The van der Waals surface area contributed by atoms with Crippen LogP contribution in [0.5, 0.6) is 0 Å². The van der Waals surface area contributed by atoms with Gasteiger partial charge in [-0.05, 0) is 24.3 Å². The average Bonchev–Trinajstić information content (AvgIpc) is 2.17. The van der Waals surface area contributed by atoms with E-state index >= 15 is 0 Å². The van der Waals surface area contributed by atoms with E-state index in [4.69, 9.17) is 5.11 Å². The van der Waals surface area contributed by atoms with Gasteiger partial charge in [0.2, 0.25) is 0 Å². The summed E-state index contributed by atoms with van der Waals surface area (Å²) < 4.78 is 0. The fourth-order valence-corrected chi connectivity index (χ4v) is 1.04. The zero-order valence-electron chi connectivity index (χ0n) is 7.82. The second kappa shape index (κ2) is 4.05. The first-order valence-corrected chi connectivity index (χ1v) is 4.06. The van der Waals surface area contributed by atoms with E-state index in [9.17, 15) is 4.79 Å². The molecule has 0 spiro atoms. The Bertz CT molecular complexity index is 290. The lowest BCUT2D eigenvalue weighted by molar-refractivity contribution is 0.0904. The van der Waals surface area contributed by atoms with Gasteiger partial charge in [-0.2, -0.15) is 0 Å². The fourth-order valence-electron chi connectivity index (χ4n) is 1.04. The Morgan fingerprint density at radius 2 is 1.85 bits per heavy atom. The minimum atomic E-state index is -0.429. The molecule has 0 saturated heterocycles. The molecule has 0 heterocycles. The van der Waals surface area contributed by atoms with Gasteiger partial charge in [-0.25, -0.2) is 0 Å². The Kier molecular flexibility index (Phi) is 3.03. The lowest BCUT2D eigenvalue weighted by atomic mass is 10.1. The third-order valence-electron chi connectivity index (χ3n) is 1.85. The highest BCUT2D eigenvalue weighted by atomic mass is 16.3. The van der Waals surface area contributed by atoms with Crippen molar-refractivity contribution in [1.82, 2.24) is 0 Å². The van der Waals surface area contributed by atoms with Crippen LogP contribution in [0.2, 0.25) is 0 Å². The van der Waals surface area contributed by atoms with Gasteiger partial charge < -0.3 is 10.0 Å². The first-order valence-electron chi connectivity index (χ1n) is 4.06. The standard InChI is InChI=1S/C10H13NO2/c1-11(2)9-5-3-8(4-6-9)10(13)7-12/h3-6,12H,7H2,1-2H3. The highest BCUT2D eigenvalue weighted by molar-refractivity contribution is 5.97.